The average molecular weight is 378 g/mol. The van der Waals surface area contributed by atoms with E-state index >= 15 is 0 Å². The number of hydrogen-bond acceptors (Lipinski definition) is 3. The molecule has 1 unspecified atom stereocenters. The van der Waals surface area contributed by atoms with Crippen LogP contribution in [0.5, 0.6) is 0 Å². The maximum Gasteiger partial charge on any atom is 0.0590 e. The van der Waals surface area contributed by atoms with Crippen LogP contribution >= 0.6 is 27.5 Å². The number of ether oxygens (including phenoxy) is 1. The Hall–Kier alpha value is -0.130. The van der Waals surface area contributed by atoms with Crippen LogP contribution in [0.2, 0.25) is 5.02 Å². The summed E-state index contributed by atoms with van der Waals surface area (Å²) in [6.45, 7) is 6.52. The molecule has 0 saturated carbocycles. The van der Waals surface area contributed by atoms with Gasteiger partial charge in [0.05, 0.1) is 6.61 Å². The molecule has 0 aliphatic rings. The highest BCUT2D eigenvalue weighted by atomic mass is 79.9. The highest BCUT2D eigenvalue weighted by Crippen LogP contribution is 2.31. The number of rotatable bonds is 9. The fourth-order valence-corrected chi connectivity index (χ4v) is 3.56. The van der Waals surface area contributed by atoms with Gasteiger partial charge in [-0.25, -0.2) is 0 Å². The van der Waals surface area contributed by atoms with Gasteiger partial charge in [-0.3, -0.25) is 4.90 Å². The maximum absolute atomic E-state index is 6.43. The van der Waals surface area contributed by atoms with Crippen LogP contribution in [0.3, 0.4) is 0 Å². The molecule has 0 spiro atoms. The standard InChI is InChI=1S/C16H26BrClN2O/c1-4-13(5-2)20(8-9-21-3)16(11-19)14-7-6-12(17)10-15(14)18/h6-7,10,13,16H,4-5,8-9,11,19H2,1-3H3. The van der Waals surface area contributed by atoms with Gasteiger partial charge in [0.15, 0.2) is 0 Å². The van der Waals surface area contributed by atoms with Crippen molar-refractivity contribution in [2.75, 3.05) is 26.8 Å². The van der Waals surface area contributed by atoms with E-state index in [2.05, 4.69) is 40.7 Å². The molecule has 0 heterocycles. The van der Waals surface area contributed by atoms with E-state index in [-0.39, 0.29) is 6.04 Å². The van der Waals surface area contributed by atoms with Gasteiger partial charge < -0.3 is 10.5 Å². The van der Waals surface area contributed by atoms with E-state index in [9.17, 15) is 0 Å². The molecule has 1 atom stereocenters. The summed E-state index contributed by atoms with van der Waals surface area (Å²) in [6.07, 6.45) is 2.18. The van der Waals surface area contributed by atoms with Crippen molar-refractivity contribution in [1.82, 2.24) is 4.90 Å². The third-order valence-corrected chi connectivity index (χ3v) is 4.73. The van der Waals surface area contributed by atoms with E-state index in [0.29, 0.717) is 19.2 Å². The lowest BCUT2D eigenvalue weighted by molar-refractivity contribution is 0.0817. The maximum atomic E-state index is 6.43. The molecule has 5 heteroatoms. The van der Waals surface area contributed by atoms with E-state index in [1.165, 1.54) is 0 Å². The Morgan fingerprint density at radius 3 is 2.48 bits per heavy atom. The zero-order valence-electron chi connectivity index (χ0n) is 13.1. The van der Waals surface area contributed by atoms with Crippen LogP contribution in [0.15, 0.2) is 22.7 Å². The average Bonchev–Trinajstić information content (AvgIpc) is 2.47. The number of hydrogen-bond donors (Lipinski definition) is 1. The van der Waals surface area contributed by atoms with Crippen molar-refractivity contribution in [3.05, 3.63) is 33.3 Å². The third kappa shape index (κ3) is 5.22. The van der Waals surface area contributed by atoms with Gasteiger partial charge in [0.1, 0.15) is 0 Å². The van der Waals surface area contributed by atoms with Crippen LogP contribution in [-0.2, 0) is 4.74 Å². The summed E-state index contributed by atoms with van der Waals surface area (Å²) in [5, 5.41) is 0.758. The molecule has 0 radical (unpaired) electrons. The van der Waals surface area contributed by atoms with Crippen LogP contribution in [0.25, 0.3) is 0 Å². The van der Waals surface area contributed by atoms with E-state index in [0.717, 1.165) is 34.4 Å². The van der Waals surface area contributed by atoms with E-state index in [1.54, 1.807) is 7.11 Å². The van der Waals surface area contributed by atoms with Crippen LogP contribution in [0, 0.1) is 0 Å². The zero-order valence-corrected chi connectivity index (χ0v) is 15.5. The molecule has 2 N–H and O–H groups in total. The Morgan fingerprint density at radius 1 is 1.33 bits per heavy atom. The second kappa shape index (κ2) is 9.80. The molecule has 21 heavy (non-hydrogen) atoms. The molecule has 1 aromatic rings. The van der Waals surface area contributed by atoms with Crippen molar-refractivity contribution < 1.29 is 4.74 Å². The number of nitrogens with two attached hydrogens (primary N) is 1. The van der Waals surface area contributed by atoms with Crippen molar-refractivity contribution in [3.63, 3.8) is 0 Å². The van der Waals surface area contributed by atoms with Crippen LogP contribution in [0.1, 0.15) is 38.3 Å². The first kappa shape index (κ1) is 18.9. The molecule has 0 aliphatic carbocycles. The van der Waals surface area contributed by atoms with Gasteiger partial charge in [-0.1, -0.05) is 47.4 Å². The first-order chi connectivity index (χ1) is 10.1. The summed E-state index contributed by atoms with van der Waals surface area (Å²) in [7, 11) is 1.73. The summed E-state index contributed by atoms with van der Waals surface area (Å²) < 4.78 is 6.25. The van der Waals surface area contributed by atoms with Crippen LogP contribution in [0.4, 0.5) is 0 Å². The number of methoxy groups -OCH3 is 1. The fraction of sp³-hybridized carbons (Fsp3) is 0.625. The lowest BCUT2D eigenvalue weighted by Crippen LogP contribution is -2.43. The van der Waals surface area contributed by atoms with Gasteiger partial charge in [-0.2, -0.15) is 0 Å². The predicted octanol–water partition coefficient (Wildman–Crippen LogP) is 4.24. The second-order valence-corrected chi connectivity index (χ2v) is 6.44. The molecular weight excluding hydrogens is 352 g/mol. The van der Waals surface area contributed by atoms with Crippen molar-refractivity contribution in [3.8, 4) is 0 Å². The minimum absolute atomic E-state index is 0.116. The summed E-state index contributed by atoms with van der Waals surface area (Å²) >= 11 is 9.88. The van der Waals surface area contributed by atoms with Gasteiger partial charge in [-0.15, -0.1) is 0 Å². The summed E-state index contributed by atoms with van der Waals surface area (Å²) in [5.74, 6) is 0. The summed E-state index contributed by atoms with van der Waals surface area (Å²) in [5.41, 5.74) is 7.17. The molecule has 0 amide bonds. The zero-order chi connectivity index (χ0) is 15.8. The molecule has 0 aliphatic heterocycles. The highest BCUT2D eigenvalue weighted by molar-refractivity contribution is 9.10. The van der Waals surface area contributed by atoms with Gasteiger partial charge in [0.2, 0.25) is 0 Å². The molecular formula is C16H26BrClN2O. The Morgan fingerprint density at radius 2 is 2.00 bits per heavy atom. The molecule has 0 fully saturated rings. The first-order valence-electron chi connectivity index (χ1n) is 7.48. The minimum Gasteiger partial charge on any atom is -0.383 e. The quantitative estimate of drug-likeness (QED) is 0.699. The second-order valence-electron chi connectivity index (χ2n) is 5.12. The topological polar surface area (TPSA) is 38.5 Å². The molecule has 0 bridgehead atoms. The SMILES string of the molecule is CCC(CC)N(CCOC)C(CN)c1ccc(Br)cc1Cl. The van der Waals surface area contributed by atoms with E-state index in [1.807, 2.05) is 12.1 Å². The van der Waals surface area contributed by atoms with Crippen molar-refractivity contribution in [1.29, 1.82) is 0 Å². The lowest BCUT2D eigenvalue weighted by Gasteiger charge is -2.37. The van der Waals surface area contributed by atoms with Crippen LogP contribution < -0.4 is 5.73 Å². The Kier molecular flexibility index (Phi) is 8.83. The van der Waals surface area contributed by atoms with Crippen molar-refractivity contribution in [2.45, 2.75) is 38.8 Å². The summed E-state index contributed by atoms with van der Waals surface area (Å²) in [6, 6.07) is 6.61. The number of halogens is 2. The highest BCUT2D eigenvalue weighted by Gasteiger charge is 2.26. The number of benzene rings is 1. The lowest BCUT2D eigenvalue weighted by atomic mass is 10.0. The molecule has 0 saturated heterocycles. The number of nitrogens with zero attached hydrogens (tertiary/aromatic N) is 1. The van der Waals surface area contributed by atoms with E-state index < -0.39 is 0 Å². The van der Waals surface area contributed by atoms with Gasteiger partial charge >= 0.3 is 0 Å². The molecule has 3 nitrogen and oxygen atoms in total. The largest absolute Gasteiger partial charge is 0.383 e. The Bertz CT molecular complexity index is 427. The summed E-state index contributed by atoms with van der Waals surface area (Å²) in [4.78, 5) is 2.43. The molecule has 1 aromatic carbocycles. The fourth-order valence-electron chi connectivity index (χ4n) is 2.76. The monoisotopic (exact) mass is 376 g/mol. The van der Waals surface area contributed by atoms with Gasteiger partial charge in [-0.05, 0) is 30.5 Å². The van der Waals surface area contributed by atoms with Crippen molar-refractivity contribution in [2.24, 2.45) is 5.73 Å². The molecule has 1 rings (SSSR count). The van der Waals surface area contributed by atoms with Gasteiger partial charge in [0, 0.05) is 41.8 Å². The smallest absolute Gasteiger partial charge is 0.0590 e. The van der Waals surface area contributed by atoms with E-state index in [4.69, 9.17) is 22.1 Å². The Labute approximate surface area is 141 Å². The van der Waals surface area contributed by atoms with Crippen molar-refractivity contribution >= 4 is 27.5 Å². The van der Waals surface area contributed by atoms with Gasteiger partial charge in [0.25, 0.3) is 0 Å². The third-order valence-electron chi connectivity index (χ3n) is 3.91. The Balaban J connectivity index is 3.09. The van der Waals surface area contributed by atoms with Crippen LogP contribution in [-0.4, -0.2) is 37.7 Å². The first-order valence-corrected chi connectivity index (χ1v) is 8.65. The normalized spacial score (nSPS) is 13.1. The minimum atomic E-state index is 0.116. The predicted molar refractivity (Wildman–Crippen MR) is 93.9 cm³/mol. The molecule has 120 valence electrons. The molecule has 0 aromatic heterocycles.